The van der Waals surface area contributed by atoms with Gasteiger partial charge in [-0.15, -0.1) is 0 Å². The summed E-state index contributed by atoms with van der Waals surface area (Å²) < 4.78 is 0. The second-order valence-electron chi connectivity index (χ2n) is 4.64. The number of rotatable bonds is 5. The molecule has 18 heavy (non-hydrogen) atoms. The highest BCUT2D eigenvalue weighted by molar-refractivity contribution is 5.79. The molecule has 0 aromatic carbocycles. The number of aromatic nitrogens is 2. The summed E-state index contributed by atoms with van der Waals surface area (Å²) >= 11 is 0. The van der Waals surface area contributed by atoms with Gasteiger partial charge in [-0.05, 0) is 19.3 Å². The summed E-state index contributed by atoms with van der Waals surface area (Å²) in [7, 11) is 0. The van der Waals surface area contributed by atoms with Crippen molar-refractivity contribution < 1.29 is 0 Å². The number of nitrogens with zero attached hydrogens (tertiary/aromatic N) is 2. The first-order valence-corrected chi connectivity index (χ1v) is 6.64. The molecular formula is C12H22N6. The lowest BCUT2D eigenvalue weighted by molar-refractivity contribution is 0.613. The topological polar surface area (TPSA) is 91.1 Å². The molecule has 0 radical (unpaired) electrons. The van der Waals surface area contributed by atoms with Gasteiger partial charge in [-0.1, -0.05) is 12.8 Å². The van der Waals surface area contributed by atoms with E-state index < -0.39 is 0 Å². The lowest BCUT2D eigenvalue weighted by Gasteiger charge is -2.14. The Morgan fingerprint density at radius 3 is 3.00 bits per heavy atom. The van der Waals surface area contributed by atoms with E-state index in [2.05, 4.69) is 25.7 Å². The fraction of sp³-hybridized carbons (Fsp3) is 0.667. The first-order valence-electron chi connectivity index (χ1n) is 6.64. The molecule has 0 spiro atoms. The third-order valence-corrected chi connectivity index (χ3v) is 3.23. The Labute approximate surface area is 107 Å². The molecular weight excluding hydrogens is 228 g/mol. The number of aryl methyl sites for hydroxylation is 1. The van der Waals surface area contributed by atoms with Crippen LogP contribution in [0, 0.1) is 0 Å². The summed E-state index contributed by atoms with van der Waals surface area (Å²) in [6, 6.07) is 0.532. The van der Waals surface area contributed by atoms with Crippen LogP contribution < -0.4 is 16.6 Å². The quantitative estimate of drug-likeness (QED) is 0.203. The number of guanidine groups is 1. The minimum absolute atomic E-state index is 0.532. The van der Waals surface area contributed by atoms with Gasteiger partial charge >= 0.3 is 0 Å². The van der Waals surface area contributed by atoms with E-state index in [1.54, 1.807) is 6.20 Å². The van der Waals surface area contributed by atoms with Crippen molar-refractivity contribution in [1.29, 1.82) is 0 Å². The summed E-state index contributed by atoms with van der Waals surface area (Å²) in [4.78, 5) is 11.7. The molecule has 1 aliphatic carbocycles. The summed E-state index contributed by atoms with van der Waals surface area (Å²) in [5, 5.41) is 3.35. The van der Waals surface area contributed by atoms with E-state index in [1.165, 1.54) is 25.7 Å². The average molecular weight is 250 g/mol. The second kappa shape index (κ2) is 7.00. The molecule has 6 nitrogen and oxygen atoms in total. The molecule has 0 unspecified atom stereocenters. The maximum atomic E-state index is 5.47. The molecule has 0 saturated heterocycles. The van der Waals surface area contributed by atoms with Gasteiger partial charge in [0.2, 0.25) is 5.96 Å². The lowest BCUT2D eigenvalue weighted by Crippen LogP contribution is -2.45. The summed E-state index contributed by atoms with van der Waals surface area (Å²) in [6.45, 7) is 0.750. The number of aromatic amines is 1. The van der Waals surface area contributed by atoms with Crippen LogP contribution in [0.25, 0.3) is 0 Å². The zero-order chi connectivity index (χ0) is 12.6. The van der Waals surface area contributed by atoms with Crippen molar-refractivity contribution >= 4 is 5.96 Å². The van der Waals surface area contributed by atoms with Gasteiger partial charge < -0.3 is 10.3 Å². The van der Waals surface area contributed by atoms with E-state index in [0.29, 0.717) is 12.0 Å². The van der Waals surface area contributed by atoms with Crippen LogP contribution in [0.3, 0.4) is 0 Å². The Hall–Kier alpha value is -1.56. The van der Waals surface area contributed by atoms with Crippen LogP contribution in [0.5, 0.6) is 0 Å². The molecule has 0 bridgehead atoms. The number of hydrazine groups is 1. The maximum absolute atomic E-state index is 5.47. The predicted octanol–water partition coefficient (Wildman–Crippen LogP) is 0.694. The highest BCUT2D eigenvalue weighted by Crippen LogP contribution is 2.17. The van der Waals surface area contributed by atoms with Gasteiger partial charge in [0, 0.05) is 31.4 Å². The van der Waals surface area contributed by atoms with Crippen molar-refractivity contribution in [3.63, 3.8) is 0 Å². The van der Waals surface area contributed by atoms with Crippen LogP contribution in [-0.2, 0) is 6.42 Å². The smallest absolute Gasteiger partial charge is 0.205 e. The van der Waals surface area contributed by atoms with Gasteiger partial charge in [-0.2, -0.15) is 0 Å². The molecule has 0 atom stereocenters. The Kier molecular flexibility index (Phi) is 5.01. The fourth-order valence-electron chi connectivity index (χ4n) is 2.27. The molecule has 0 amide bonds. The Bertz CT molecular complexity index is 353. The number of nitrogens with one attached hydrogen (secondary N) is 3. The Morgan fingerprint density at radius 1 is 1.50 bits per heavy atom. The predicted molar refractivity (Wildman–Crippen MR) is 71.9 cm³/mol. The fourth-order valence-corrected chi connectivity index (χ4v) is 2.27. The van der Waals surface area contributed by atoms with Crippen molar-refractivity contribution in [3.05, 3.63) is 18.2 Å². The highest BCUT2D eigenvalue weighted by Gasteiger charge is 2.15. The zero-order valence-corrected chi connectivity index (χ0v) is 10.7. The van der Waals surface area contributed by atoms with Crippen molar-refractivity contribution in [2.75, 3.05) is 6.54 Å². The van der Waals surface area contributed by atoms with Gasteiger partial charge in [-0.3, -0.25) is 10.4 Å². The van der Waals surface area contributed by atoms with Crippen LogP contribution in [0.2, 0.25) is 0 Å². The molecule has 1 aliphatic rings. The molecule has 2 rings (SSSR count). The van der Waals surface area contributed by atoms with E-state index >= 15 is 0 Å². The maximum Gasteiger partial charge on any atom is 0.205 e. The number of H-pyrrole nitrogens is 1. The van der Waals surface area contributed by atoms with Gasteiger partial charge in [0.15, 0.2) is 0 Å². The molecule has 0 aliphatic heterocycles. The average Bonchev–Trinajstić information content (AvgIpc) is 3.06. The van der Waals surface area contributed by atoms with E-state index in [1.807, 2.05) is 6.20 Å². The summed E-state index contributed by atoms with van der Waals surface area (Å²) in [5.41, 5.74) is 2.64. The van der Waals surface area contributed by atoms with E-state index in [9.17, 15) is 0 Å². The monoisotopic (exact) mass is 250 g/mol. The molecule has 1 saturated carbocycles. The summed E-state index contributed by atoms with van der Waals surface area (Å²) in [6.07, 6.45) is 10.5. The number of aliphatic imine (C=N–C) groups is 1. The molecule has 5 N–H and O–H groups in total. The number of hydrogen-bond acceptors (Lipinski definition) is 3. The number of hydrogen-bond donors (Lipinski definition) is 4. The van der Waals surface area contributed by atoms with E-state index in [4.69, 9.17) is 5.84 Å². The van der Waals surface area contributed by atoms with Crippen LogP contribution >= 0.6 is 0 Å². The number of nitrogens with two attached hydrogens (primary N) is 1. The minimum Gasteiger partial charge on any atom is -0.353 e. The van der Waals surface area contributed by atoms with E-state index in [0.717, 1.165) is 25.2 Å². The Morgan fingerprint density at radius 2 is 2.33 bits per heavy atom. The lowest BCUT2D eigenvalue weighted by atomic mass is 10.2. The highest BCUT2D eigenvalue weighted by atomic mass is 15.3. The van der Waals surface area contributed by atoms with Crippen LogP contribution in [0.4, 0.5) is 0 Å². The normalized spacial score (nSPS) is 17.1. The van der Waals surface area contributed by atoms with Gasteiger partial charge in [0.25, 0.3) is 0 Å². The second-order valence-corrected chi connectivity index (χ2v) is 4.64. The Balaban J connectivity index is 1.68. The standard InChI is InChI=1S/C12H22N6/c13-18-12(17-10-4-1-2-5-10)16-7-3-6-11-14-8-9-15-11/h8-10H,1-7,13H2,(H,14,15)(H2,16,17,18). The SMILES string of the molecule is NNC(=NCCCc1ncc[nH]1)NC1CCCC1. The molecule has 1 fully saturated rings. The molecule has 1 aromatic rings. The largest absolute Gasteiger partial charge is 0.353 e. The van der Waals surface area contributed by atoms with Crippen molar-refractivity contribution in [3.8, 4) is 0 Å². The van der Waals surface area contributed by atoms with Gasteiger partial charge in [0.1, 0.15) is 5.82 Å². The van der Waals surface area contributed by atoms with Gasteiger partial charge in [0.05, 0.1) is 0 Å². The van der Waals surface area contributed by atoms with Gasteiger partial charge in [-0.25, -0.2) is 10.8 Å². The molecule has 100 valence electrons. The first kappa shape index (κ1) is 12.9. The molecule has 6 heteroatoms. The third kappa shape index (κ3) is 4.03. The van der Waals surface area contributed by atoms with Crippen molar-refractivity contribution in [2.24, 2.45) is 10.8 Å². The van der Waals surface area contributed by atoms with Crippen LogP contribution in [0.15, 0.2) is 17.4 Å². The first-order chi connectivity index (χ1) is 8.88. The van der Waals surface area contributed by atoms with Crippen molar-refractivity contribution in [2.45, 2.75) is 44.6 Å². The molecule has 1 heterocycles. The van der Waals surface area contributed by atoms with Crippen LogP contribution in [0.1, 0.15) is 37.9 Å². The minimum atomic E-state index is 0.532. The zero-order valence-electron chi connectivity index (χ0n) is 10.7. The third-order valence-electron chi connectivity index (χ3n) is 3.23. The van der Waals surface area contributed by atoms with E-state index in [-0.39, 0.29) is 0 Å². The summed E-state index contributed by atoms with van der Waals surface area (Å²) in [5.74, 6) is 7.19. The number of imidazole rings is 1. The van der Waals surface area contributed by atoms with Crippen LogP contribution in [-0.4, -0.2) is 28.5 Å². The molecule has 1 aromatic heterocycles. The van der Waals surface area contributed by atoms with Crippen molar-refractivity contribution in [1.82, 2.24) is 20.7 Å².